The van der Waals surface area contributed by atoms with Crippen LogP contribution >= 0.6 is 0 Å². The molecule has 1 heterocycles. The highest BCUT2D eigenvalue weighted by atomic mass is 16.6. The Kier molecular flexibility index (Phi) is 5.60. The molecule has 1 amide bonds. The van der Waals surface area contributed by atoms with E-state index in [0.29, 0.717) is 6.42 Å². The van der Waals surface area contributed by atoms with Crippen molar-refractivity contribution in [3.05, 3.63) is 0 Å². The highest BCUT2D eigenvalue weighted by Gasteiger charge is 2.27. The summed E-state index contributed by atoms with van der Waals surface area (Å²) in [5.74, 6) is 0. The van der Waals surface area contributed by atoms with E-state index < -0.39 is 0 Å². The van der Waals surface area contributed by atoms with Gasteiger partial charge in [-0.3, -0.25) is 0 Å². The second-order valence-corrected chi connectivity index (χ2v) is 4.46. The van der Waals surface area contributed by atoms with Crippen molar-refractivity contribution >= 4 is 6.09 Å². The molecule has 0 unspecified atom stereocenters. The Hall–Kier alpha value is -0.770. The van der Waals surface area contributed by atoms with Crippen molar-refractivity contribution in [1.82, 2.24) is 4.90 Å². The smallest absolute Gasteiger partial charge is 0.410 e. The first-order chi connectivity index (χ1) is 7.69. The summed E-state index contributed by atoms with van der Waals surface area (Å²) in [4.78, 5) is 13.7. The lowest BCUT2D eigenvalue weighted by Gasteiger charge is -2.35. The number of carbonyl (C=O) groups is 1. The second-order valence-electron chi connectivity index (χ2n) is 4.46. The normalized spacial score (nSPS) is 22.9. The summed E-state index contributed by atoms with van der Waals surface area (Å²) in [7, 11) is 0. The van der Waals surface area contributed by atoms with E-state index in [1.165, 1.54) is 0 Å². The zero-order valence-electron chi connectivity index (χ0n) is 10.3. The van der Waals surface area contributed by atoms with Gasteiger partial charge in [0.1, 0.15) is 6.10 Å². The van der Waals surface area contributed by atoms with Crippen LogP contribution < -0.4 is 0 Å². The fraction of sp³-hybridized carbons (Fsp3) is 0.917. The maximum absolute atomic E-state index is 11.9. The molecule has 1 N–H and O–H groups in total. The van der Waals surface area contributed by atoms with Gasteiger partial charge in [-0.1, -0.05) is 6.92 Å². The summed E-state index contributed by atoms with van der Waals surface area (Å²) in [5.41, 5.74) is 0. The van der Waals surface area contributed by atoms with Crippen LogP contribution in [0.2, 0.25) is 0 Å². The number of nitrogens with zero attached hydrogens (tertiary/aromatic N) is 1. The van der Waals surface area contributed by atoms with Gasteiger partial charge in [0.25, 0.3) is 0 Å². The van der Waals surface area contributed by atoms with Crippen LogP contribution in [-0.4, -0.2) is 41.4 Å². The molecule has 1 aliphatic heterocycles. The van der Waals surface area contributed by atoms with E-state index in [4.69, 9.17) is 9.84 Å². The van der Waals surface area contributed by atoms with Crippen LogP contribution in [-0.2, 0) is 4.74 Å². The third kappa shape index (κ3) is 3.67. The molecule has 1 saturated heterocycles. The molecular formula is C12H23NO3. The first-order valence-electron chi connectivity index (χ1n) is 6.27. The lowest BCUT2D eigenvalue weighted by molar-refractivity contribution is 0.0413. The summed E-state index contributed by atoms with van der Waals surface area (Å²) >= 11 is 0. The standard InChI is InChI=1S/C12H23NO3/c1-3-10(2)16-12(15)13-8-5-4-6-11(13)7-9-14/h10-11,14H,3-9H2,1-2H3/t10-,11+/m0/s1. The third-order valence-electron chi connectivity index (χ3n) is 3.20. The number of likely N-dealkylation sites (tertiary alicyclic amines) is 1. The van der Waals surface area contributed by atoms with E-state index in [9.17, 15) is 4.79 Å². The van der Waals surface area contributed by atoms with Crippen LogP contribution in [0.25, 0.3) is 0 Å². The van der Waals surface area contributed by atoms with Crippen LogP contribution in [0.4, 0.5) is 4.79 Å². The molecule has 0 aromatic carbocycles. The Labute approximate surface area is 97.6 Å². The minimum Gasteiger partial charge on any atom is -0.446 e. The number of aliphatic hydroxyl groups is 1. The van der Waals surface area contributed by atoms with Crippen molar-refractivity contribution in [3.8, 4) is 0 Å². The fourth-order valence-corrected chi connectivity index (χ4v) is 2.01. The monoisotopic (exact) mass is 229 g/mol. The van der Waals surface area contributed by atoms with Gasteiger partial charge in [-0.25, -0.2) is 4.79 Å². The molecule has 0 bridgehead atoms. The Bertz CT molecular complexity index is 218. The van der Waals surface area contributed by atoms with E-state index in [2.05, 4.69) is 0 Å². The molecule has 16 heavy (non-hydrogen) atoms. The second kappa shape index (κ2) is 6.74. The Morgan fingerprint density at radius 1 is 1.56 bits per heavy atom. The van der Waals surface area contributed by atoms with Crippen LogP contribution in [0.1, 0.15) is 46.0 Å². The molecule has 0 aromatic rings. The number of hydrogen-bond donors (Lipinski definition) is 1. The summed E-state index contributed by atoms with van der Waals surface area (Å²) in [6.07, 6.45) is 4.42. The van der Waals surface area contributed by atoms with E-state index >= 15 is 0 Å². The van der Waals surface area contributed by atoms with Crippen molar-refractivity contribution < 1.29 is 14.6 Å². The van der Waals surface area contributed by atoms with Gasteiger partial charge < -0.3 is 14.7 Å². The quantitative estimate of drug-likeness (QED) is 0.803. The maximum atomic E-state index is 11.9. The highest BCUT2D eigenvalue weighted by molar-refractivity contribution is 5.68. The molecule has 2 atom stereocenters. The van der Waals surface area contributed by atoms with Gasteiger partial charge in [0.2, 0.25) is 0 Å². The van der Waals surface area contributed by atoms with Gasteiger partial charge in [0.05, 0.1) is 0 Å². The number of rotatable bonds is 4. The average molecular weight is 229 g/mol. The van der Waals surface area contributed by atoms with Crippen molar-refractivity contribution in [2.75, 3.05) is 13.2 Å². The van der Waals surface area contributed by atoms with Crippen molar-refractivity contribution in [3.63, 3.8) is 0 Å². The molecule has 4 nitrogen and oxygen atoms in total. The van der Waals surface area contributed by atoms with Crippen LogP contribution in [0, 0.1) is 0 Å². The Morgan fingerprint density at radius 3 is 2.94 bits per heavy atom. The van der Waals surface area contributed by atoms with Gasteiger partial charge in [0, 0.05) is 19.2 Å². The Morgan fingerprint density at radius 2 is 2.31 bits per heavy atom. The topological polar surface area (TPSA) is 49.8 Å². The van der Waals surface area contributed by atoms with E-state index in [-0.39, 0.29) is 24.8 Å². The van der Waals surface area contributed by atoms with Gasteiger partial charge >= 0.3 is 6.09 Å². The number of ether oxygens (including phenoxy) is 1. The average Bonchev–Trinajstić information content (AvgIpc) is 2.30. The molecule has 1 fully saturated rings. The molecular weight excluding hydrogens is 206 g/mol. The number of piperidine rings is 1. The zero-order valence-corrected chi connectivity index (χ0v) is 10.3. The molecule has 0 saturated carbocycles. The predicted molar refractivity (Wildman–Crippen MR) is 62.3 cm³/mol. The van der Waals surface area contributed by atoms with Crippen LogP contribution in [0.3, 0.4) is 0 Å². The van der Waals surface area contributed by atoms with Gasteiger partial charge in [-0.2, -0.15) is 0 Å². The summed E-state index contributed by atoms with van der Waals surface area (Å²) < 4.78 is 5.32. The third-order valence-corrected chi connectivity index (χ3v) is 3.20. The Balaban J connectivity index is 2.50. The lowest BCUT2D eigenvalue weighted by atomic mass is 10.0. The van der Waals surface area contributed by atoms with Crippen molar-refractivity contribution in [2.45, 2.75) is 58.1 Å². The number of aliphatic hydroxyl groups excluding tert-OH is 1. The highest BCUT2D eigenvalue weighted by Crippen LogP contribution is 2.20. The SMILES string of the molecule is CC[C@H](C)OC(=O)N1CCCC[C@@H]1CCO. The molecule has 94 valence electrons. The zero-order chi connectivity index (χ0) is 12.0. The molecule has 1 rings (SSSR count). The summed E-state index contributed by atoms with van der Waals surface area (Å²) in [6.45, 7) is 4.81. The summed E-state index contributed by atoms with van der Waals surface area (Å²) in [6, 6.07) is 0.162. The largest absolute Gasteiger partial charge is 0.446 e. The first-order valence-corrected chi connectivity index (χ1v) is 6.27. The van der Waals surface area contributed by atoms with E-state index in [1.54, 1.807) is 4.90 Å². The maximum Gasteiger partial charge on any atom is 0.410 e. The molecule has 4 heteroatoms. The number of hydrogen-bond acceptors (Lipinski definition) is 3. The van der Waals surface area contributed by atoms with Gasteiger partial charge in [0.15, 0.2) is 0 Å². The lowest BCUT2D eigenvalue weighted by Crippen LogP contribution is -2.45. The number of carbonyl (C=O) groups excluding carboxylic acids is 1. The van der Waals surface area contributed by atoms with E-state index in [0.717, 1.165) is 32.2 Å². The minimum absolute atomic E-state index is 0.0239. The first kappa shape index (κ1) is 13.3. The molecule has 0 spiro atoms. The van der Waals surface area contributed by atoms with Crippen molar-refractivity contribution in [1.29, 1.82) is 0 Å². The van der Waals surface area contributed by atoms with Gasteiger partial charge in [-0.05, 0) is 39.0 Å². The van der Waals surface area contributed by atoms with Crippen molar-refractivity contribution in [2.24, 2.45) is 0 Å². The predicted octanol–water partition coefficient (Wildman–Crippen LogP) is 2.16. The number of amides is 1. The van der Waals surface area contributed by atoms with Crippen LogP contribution in [0.15, 0.2) is 0 Å². The minimum atomic E-state index is -0.215. The van der Waals surface area contributed by atoms with Crippen LogP contribution in [0.5, 0.6) is 0 Å². The molecule has 1 aliphatic rings. The molecule has 0 aromatic heterocycles. The molecule has 0 radical (unpaired) electrons. The summed E-state index contributed by atoms with van der Waals surface area (Å²) in [5, 5.41) is 8.97. The fourth-order valence-electron chi connectivity index (χ4n) is 2.01. The van der Waals surface area contributed by atoms with E-state index in [1.807, 2.05) is 13.8 Å². The molecule has 0 aliphatic carbocycles. The van der Waals surface area contributed by atoms with Gasteiger partial charge in [-0.15, -0.1) is 0 Å².